The summed E-state index contributed by atoms with van der Waals surface area (Å²) in [7, 11) is 0. The average Bonchev–Trinajstić information content (AvgIpc) is 3.07. The molecule has 1 amide bonds. The van der Waals surface area contributed by atoms with Crippen molar-refractivity contribution >= 4 is 75.0 Å². The van der Waals surface area contributed by atoms with Crippen LogP contribution in [0.25, 0.3) is 11.0 Å². The fraction of sp³-hybridized carbons (Fsp3) is 0.300. The molecule has 1 aliphatic rings. The minimum absolute atomic E-state index is 0.152. The summed E-state index contributed by atoms with van der Waals surface area (Å²) in [6.45, 7) is 1.90. The van der Waals surface area contributed by atoms with Crippen molar-refractivity contribution in [3.8, 4) is 0 Å². The molecule has 1 aliphatic heterocycles. The lowest BCUT2D eigenvalue weighted by Crippen LogP contribution is -2.37. The highest BCUT2D eigenvalue weighted by molar-refractivity contribution is 6.42. The number of aromatic nitrogens is 2. The summed E-state index contributed by atoms with van der Waals surface area (Å²) in [5.74, 6) is -0.467. The molecule has 170 valence electrons. The number of amides is 1. The number of carbonyl (C=O) groups is 1. The fourth-order valence-corrected chi connectivity index (χ4v) is 5.12. The normalized spacial score (nSPS) is 15.1. The zero-order valence-corrected chi connectivity index (χ0v) is 19.4. The summed E-state index contributed by atoms with van der Waals surface area (Å²) >= 11 is 25.1. The van der Waals surface area contributed by atoms with Crippen LogP contribution in [0.15, 0.2) is 24.3 Å². The first-order valence-corrected chi connectivity index (χ1v) is 10.9. The van der Waals surface area contributed by atoms with Gasteiger partial charge in [-0.2, -0.15) is 13.2 Å². The second kappa shape index (κ2) is 8.48. The van der Waals surface area contributed by atoms with Gasteiger partial charge in [0.05, 0.1) is 26.3 Å². The summed E-state index contributed by atoms with van der Waals surface area (Å²) in [4.78, 5) is 17.8. The predicted molar refractivity (Wildman–Crippen MR) is 120 cm³/mol. The molecule has 0 bridgehead atoms. The minimum atomic E-state index is -4.73. The molecule has 12 heteroatoms. The number of benzene rings is 2. The quantitative estimate of drug-likeness (QED) is 0.403. The molecule has 1 N–H and O–H groups in total. The molecule has 0 aliphatic carbocycles. The van der Waals surface area contributed by atoms with E-state index in [4.69, 9.17) is 46.4 Å². The Morgan fingerprint density at radius 2 is 1.75 bits per heavy atom. The summed E-state index contributed by atoms with van der Waals surface area (Å²) in [5, 5.41) is 3.08. The van der Waals surface area contributed by atoms with Crippen molar-refractivity contribution in [2.24, 2.45) is 0 Å². The van der Waals surface area contributed by atoms with Gasteiger partial charge in [-0.3, -0.25) is 4.79 Å². The molecule has 32 heavy (non-hydrogen) atoms. The number of aryl methyl sites for hydroxylation is 1. The van der Waals surface area contributed by atoms with Crippen LogP contribution in [0.4, 0.5) is 24.8 Å². The van der Waals surface area contributed by atoms with Gasteiger partial charge in [0.15, 0.2) is 6.04 Å². The minimum Gasteiger partial charge on any atom is -0.341 e. The smallest absolute Gasteiger partial charge is 0.341 e. The Morgan fingerprint density at radius 1 is 1.09 bits per heavy atom. The van der Waals surface area contributed by atoms with Crippen LogP contribution in [0.3, 0.4) is 0 Å². The Bertz CT molecular complexity index is 1200. The number of hydrogen-bond donors (Lipinski definition) is 1. The van der Waals surface area contributed by atoms with Crippen molar-refractivity contribution in [2.45, 2.75) is 32.1 Å². The molecule has 3 aromatic rings. The summed E-state index contributed by atoms with van der Waals surface area (Å²) < 4.78 is 43.3. The van der Waals surface area contributed by atoms with Crippen LogP contribution in [0.5, 0.6) is 0 Å². The standard InChI is InChI=1S/C20H15Cl4F3N4O/c1-9(32)28-18(20(25,26)27)11-3-4-12(22)15-16(11)30-5-2-6-31(19(30)29-15)17-13(23)7-10(21)8-14(17)24/h3-4,7-8,18H,2,5-6H2,1H3,(H,28,32). The number of halogens is 7. The summed E-state index contributed by atoms with van der Waals surface area (Å²) in [6, 6.07) is 3.43. The number of imidazole rings is 1. The first-order chi connectivity index (χ1) is 15.0. The lowest BCUT2D eigenvalue weighted by molar-refractivity contribution is -0.162. The number of nitrogens with zero attached hydrogens (tertiary/aromatic N) is 3. The maximum Gasteiger partial charge on any atom is 0.412 e. The molecule has 1 unspecified atom stereocenters. The summed E-state index contributed by atoms with van der Waals surface area (Å²) in [5.41, 5.74) is 0.670. The first-order valence-electron chi connectivity index (χ1n) is 9.43. The van der Waals surface area contributed by atoms with Crippen molar-refractivity contribution < 1.29 is 18.0 Å². The van der Waals surface area contributed by atoms with Gasteiger partial charge in [-0.15, -0.1) is 0 Å². The van der Waals surface area contributed by atoms with E-state index in [2.05, 4.69) is 4.98 Å². The number of alkyl halides is 3. The Labute approximate surface area is 201 Å². The third kappa shape index (κ3) is 4.09. The molecule has 0 fully saturated rings. The van der Waals surface area contributed by atoms with Gasteiger partial charge in [0.25, 0.3) is 0 Å². The molecule has 2 heterocycles. The van der Waals surface area contributed by atoms with E-state index >= 15 is 0 Å². The third-order valence-corrected chi connectivity index (χ3v) is 6.20. The average molecular weight is 526 g/mol. The first kappa shape index (κ1) is 23.3. The van der Waals surface area contributed by atoms with E-state index in [1.807, 2.05) is 5.32 Å². The highest BCUT2D eigenvalue weighted by Crippen LogP contribution is 2.45. The second-order valence-electron chi connectivity index (χ2n) is 7.30. The van der Waals surface area contributed by atoms with E-state index in [1.165, 1.54) is 24.3 Å². The van der Waals surface area contributed by atoms with E-state index in [9.17, 15) is 18.0 Å². The number of nitrogens with one attached hydrogen (secondary N) is 1. The molecular formula is C20H15Cl4F3N4O. The lowest BCUT2D eigenvalue weighted by atomic mass is 10.0. The predicted octanol–water partition coefficient (Wildman–Crippen LogP) is 6.93. The van der Waals surface area contributed by atoms with E-state index in [0.717, 1.165) is 6.92 Å². The summed E-state index contributed by atoms with van der Waals surface area (Å²) in [6.07, 6.45) is -4.15. The van der Waals surface area contributed by atoms with Crippen molar-refractivity contribution in [3.05, 3.63) is 49.9 Å². The molecule has 0 spiro atoms. The largest absolute Gasteiger partial charge is 0.412 e. The van der Waals surface area contributed by atoms with Crippen molar-refractivity contribution in [1.82, 2.24) is 14.9 Å². The molecule has 5 nitrogen and oxygen atoms in total. The van der Waals surface area contributed by atoms with Gasteiger partial charge in [0, 0.05) is 30.6 Å². The van der Waals surface area contributed by atoms with Crippen LogP contribution in [0, 0.1) is 0 Å². The molecule has 2 aromatic carbocycles. The Morgan fingerprint density at radius 3 is 2.34 bits per heavy atom. The monoisotopic (exact) mass is 524 g/mol. The van der Waals surface area contributed by atoms with Gasteiger partial charge in [0.1, 0.15) is 5.52 Å². The maximum atomic E-state index is 13.9. The number of hydrogen-bond acceptors (Lipinski definition) is 3. The van der Waals surface area contributed by atoms with Gasteiger partial charge in [0.2, 0.25) is 11.9 Å². The Hall–Kier alpha value is -1.87. The highest BCUT2D eigenvalue weighted by Gasteiger charge is 2.43. The topological polar surface area (TPSA) is 50.2 Å². The molecule has 1 aromatic heterocycles. The van der Waals surface area contributed by atoms with Crippen molar-refractivity contribution in [2.75, 3.05) is 11.4 Å². The zero-order valence-electron chi connectivity index (χ0n) is 16.4. The van der Waals surface area contributed by atoms with Crippen LogP contribution in [0.1, 0.15) is 24.9 Å². The molecular weight excluding hydrogens is 511 g/mol. The molecule has 4 rings (SSSR count). The van der Waals surface area contributed by atoms with Crippen LogP contribution in [-0.2, 0) is 11.3 Å². The van der Waals surface area contributed by atoms with Crippen LogP contribution in [-0.4, -0.2) is 28.2 Å². The van der Waals surface area contributed by atoms with Gasteiger partial charge in [-0.05, 0) is 24.6 Å². The Kier molecular flexibility index (Phi) is 6.17. The Balaban J connectivity index is 1.97. The lowest BCUT2D eigenvalue weighted by Gasteiger charge is -2.31. The van der Waals surface area contributed by atoms with Crippen LogP contribution in [0.2, 0.25) is 20.1 Å². The zero-order chi connectivity index (χ0) is 23.4. The van der Waals surface area contributed by atoms with Gasteiger partial charge < -0.3 is 14.8 Å². The number of rotatable bonds is 3. The van der Waals surface area contributed by atoms with Gasteiger partial charge in [-0.25, -0.2) is 4.98 Å². The van der Waals surface area contributed by atoms with E-state index < -0.39 is 18.1 Å². The SMILES string of the molecule is CC(=O)NC(c1ccc(Cl)c2nc3n(c12)CCCN3c1c(Cl)cc(Cl)cc1Cl)C(F)(F)F. The highest BCUT2D eigenvalue weighted by atomic mass is 35.5. The third-order valence-electron chi connectivity index (χ3n) is 5.10. The molecule has 0 radical (unpaired) electrons. The van der Waals surface area contributed by atoms with Gasteiger partial charge in [-0.1, -0.05) is 52.5 Å². The van der Waals surface area contributed by atoms with Crippen LogP contribution >= 0.6 is 46.4 Å². The van der Waals surface area contributed by atoms with E-state index in [-0.39, 0.29) is 31.7 Å². The van der Waals surface area contributed by atoms with Gasteiger partial charge >= 0.3 is 6.18 Å². The fourth-order valence-electron chi connectivity index (χ4n) is 3.90. The number of anilines is 2. The second-order valence-corrected chi connectivity index (χ2v) is 8.95. The van der Waals surface area contributed by atoms with Crippen LogP contribution < -0.4 is 10.2 Å². The number of carbonyl (C=O) groups excluding carboxylic acids is 1. The number of fused-ring (bicyclic) bond motifs is 3. The van der Waals surface area contributed by atoms with Crippen molar-refractivity contribution in [3.63, 3.8) is 0 Å². The van der Waals surface area contributed by atoms with E-state index in [0.29, 0.717) is 36.2 Å². The molecule has 0 saturated heterocycles. The van der Waals surface area contributed by atoms with Crippen molar-refractivity contribution in [1.29, 1.82) is 0 Å². The van der Waals surface area contributed by atoms with E-state index in [1.54, 1.807) is 9.47 Å². The maximum absolute atomic E-state index is 13.9. The molecule has 0 saturated carbocycles. The molecule has 1 atom stereocenters.